The molecule has 0 atom stereocenters. The van der Waals surface area contributed by atoms with E-state index in [2.05, 4.69) is 14.7 Å². The van der Waals surface area contributed by atoms with Crippen LogP contribution in [0.4, 0.5) is 4.39 Å². The van der Waals surface area contributed by atoms with Crippen LogP contribution in [0.3, 0.4) is 0 Å². The third kappa shape index (κ3) is 1.81. The SMILES string of the molecule is COC(=O)c1cc(F)c2nc(Cl)cnc2c1. The van der Waals surface area contributed by atoms with E-state index in [0.717, 1.165) is 6.07 Å². The van der Waals surface area contributed by atoms with Crippen LogP contribution < -0.4 is 0 Å². The second-order valence-corrected chi connectivity index (χ2v) is 3.40. The molecule has 16 heavy (non-hydrogen) atoms. The lowest BCUT2D eigenvalue weighted by Gasteiger charge is -2.02. The maximum Gasteiger partial charge on any atom is 0.338 e. The summed E-state index contributed by atoms with van der Waals surface area (Å²) in [7, 11) is 1.22. The molecule has 0 bridgehead atoms. The lowest BCUT2D eigenvalue weighted by Crippen LogP contribution is -2.02. The van der Waals surface area contributed by atoms with Crippen molar-refractivity contribution in [3.63, 3.8) is 0 Å². The smallest absolute Gasteiger partial charge is 0.338 e. The molecule has 0 aliphatic rings. The number of aromatic nitrogens is 2. The van der Waals surface area contributed by atoms with Crippen LogP contribution in [-0.2, 0) is 4.74 Å². The van der Waals surface area contributed by atoms with Crippen LogP contribution in [0.15, 0.2) is 18.3 Å². The number of fused-ring (bicyclic) bond motifs is 1. The van der Waals surface area contributed by atoms with Gasteiger partial charge < -0.3 is 4.74 Å². The van der Waals surface area contributed by atoms with Gasteiger partial charge in [0.25, 0.3) is 0 Å². The standard InChI is InChI=1S/C10H6ClFN2O2/c1-16-10(15)5-2-6(12)9-7(3-5)13-4-8(11)14-9/h2-4H,1H3. The van der Waals surface area contributed by atoms with Crippen molar-refractivity contribution in [2.24, 2.45) is 0 Å². The van der Waals surface area contributed by atoms with E-state index in [9.17, 15) is 9.18 Å². The van der Waals surface area contributed by atoms with Gasteiger partial charge in [0.2, 0.25) is 0 Å². The van der Waals surface area contributed by atoms with Crippen LogP contribution in [-0.4, -0.2) is 23.0 Å². The number of methoxy groups -OCH3 is 1. The summed E-state index contributed by atoms with van der Waals surface area (Å²) in [5.74, 6) is -1.29. The zero-order chi connectivity index (χ0) is 11.7. The maximum atomic E-state index is 13.6. The van der Waals surface area contributed by atoms with Gasteiger partial charge in [-0.15, -0.1) is 0 Å². The van der Waals surface area contributed by atoms with Crippen molar-refractivity contribution in [1.82, 2.24) is 9.97 Å². The van der Waals surface area contributed by atoms with E-state index in [4.69, 9.17) is 11.6 Å². The van der Waals surface area contributed by atoms with E-state index in [1.54, 1.807) is 0 Å². The highest BCUT2D eigenvalue weighted by Gasteiger charge is 2.12. The molecule has 1 aromatic carbocycles. The molecule has 0 saturated carbocycles. The van der Waals surface area contributed by atoms with E-state index >= 15 is 0 Å². The van der Waals surface area contributed by atoms with Crippen molar-refractivity contribution in [3.05, 3.63) is 34.9 Å². The fourth-order valence-corrected chi connectivity index (χ4v) is 1.42. The predicted octanol–water partition coefficient (Wildman–Crippen LogP) is 2.21. The first-order valence-electron chi connectivity index (χ1n) is 4.32. The van der Waals surface area contributed by atoms with Gasteiger partial charge in [-0.3, -0.25) is 4.98 Å². The highest BCUT2D eigenvalue weighted by molar-refractivity contribution is 6.29. The van der Waals surface area contributed by atoms with Gasteiger partial charge in [-0.25, -0.2) is 14.2 Å². The Morgan fingerprint density at radius 2 is 2.25 bits per heavy atom. The highest BCUT2D eigenvalue weighted by Crippen LogP contribution is 2.18. The number of rotatable bonds is 1. The molecule has 82 valence electrons. The van der Waals surface area contributed by atoms with Crippen LogP contribution in [0.25, 0.3) is 11.0 Å². The van der Waals surface area contributed by atoms with E-state index < -0.39 is 11.8 Å². The van der Waals surface area contributed by atoms with E-state index in [0.29, 0.717) is 0 Å². The quantitative estimate of drug-likeness (QED) is 0.717. The van der Waals surface area contributed by atoms with Crippen LogP contribution >= 0.6 is 11.6 Å². The molecule has 1 heterocycles. The summed E-state index contributed by atoms with van der Waals surface area (Å²) in [5, 5.41) is 0.0946. The third-order valence-corrected chi connectivity index (χ3v) is 2.18. The van der Waals surface area contributed by atoms with Gasteiger partial charge in [0, 0.05) is 0 Å². The first-order valence-corrected chi connectivity index (χ1v) is 4.69. The van der Waals surface area contributed by atoms with Gasteiger partial charge >= 0.3 is 5.97 Å². The Hall–Kier alpha value is -1.75. The molecular weight excluding hydrogens is 235 g/mol. The first kappa shape index (κ1) is 10.8. The van der Waals surface area contributed by atoms with Gasteiger partial charge in [0.1, 0.15) is 10.7 Å². The van der Waals surface area contributed by atoms with Crippen LogP contribution in [0.1, 0.15) is 10.4 Å². The van der Waals surface area contributed by atoms with Crippen LogP contribution in [0.5, 0.6) is 0 Å². The third-order valence-electron chi connectivity index (χ3n) is 1.99. The van der Waals surface area contributed by atoms with Crippen molar-refractivity contribution < 1.29 is 13.9 Å². The van der Waals surface area contributed by atoms with Crippen molar-refractivity contribution in [2.75, 3.05) is 7.11 Å². The van der Waals surface area contributed by atoms with Crippen LogP contribution in [0.2, 0.25) is 5.15 Å². The molecule has 0 fully saturated rings. The summed E-state index contributed by atoms with van der Waals surface area (Å²) in [6, 6.07) is 2.44. The van der Waals surface area contributed by atoms with Gasteiger partial charge in [0.15, 0.2) is 5.82 Å². The second-order valence-electron chi connectivity index (χ2n) is 3.01. The van der Waals surface area contributed by atoms with Crippen LogP contribution in [0, 0.1) is 5.82 Å². The highest BCUT2D eigenvalue weighted by atomic mass is 35.5. The molecule has 0 aliphatic heterocycles. The average molecular weight is 241 g/mol. The molecule has 0 saturated heterocycles. The van der Waals surface area contributed by atoms with E-state index in [1.165, 1.54) is 19.4 Å². The Morgan fingerprint density at radius 1 is 1.50 bits per heavy atom. The molecule has 0 unspecified atom stereocenters. The number of carbonyl (C=O) groups is 1. The van der Waals surface area contributed by atoms with Crippen molar-refractivity contribution in [1.29, 1.82) is 0 Å². The number of hydrogen-bond donors (Lipinski definition) is 0. The molecule has 0 aliphatic carbocycles. The van der Waals surface area contributed by atoms with Gasteiger partial charge in [-0.1, -0.05) is 11.6 Å². The summed E-state index contributed by atoms with van der Waals surface area (Å²) < 4.78 is 18.0. The van der Waals surface area contributed by atoms with Gasteiger partial charge in [0.05, 0.1) is 24.4 Å². The molecule has 2 aromatic rings. The van der Waals surface area contributed by atoms with E-state index in [-0.39, 0.29) is 21.7 Å². The monoisotopic (exact) mass is 240 g/mol. The molecule has 2 rings (SSSR count). The lowest BCUT2D eigenvalue weighted by molar-refractivity contribution is 0.0600. The zero-order valence-electron chi connectivity index (χ0n) is 8.20. The Morgan fingerprint density at radius 3 is 2.94 bits per heavy atom. The summed E-state index contributed by atoms with van der Waals surface area (Å²) in [5.41, 5.74) is 0.370. The minimum absolute atomic E-state index is 0.0279. The number of benzene rings is 1. The Bertz CT molecular complexity index is 574. The maximum absolute atomic E-state index is 13.6. The molecule has 1 aromatic heterocycles. The fraction of sp³-hybridized carbons (Fsp3) is 0.100. The molecular formula is C10H6ClFN2O2. The number of ether oxygens (including phenoxy) is 1. The lowest BCUT2D eigenvalue weighted by atomic mass is 10.2. The van der Waals surface area contributed by atoms with Gasteiger partial charge in [-0.05, 0) is 12.1 Å². The minimum atomic E-state index is -0.659. The minimum Gasteiger partial charge on any atom is -0.465 e. The Balaban J connectivity index is 2.68. The largest absolute Gasteiger partial charge is 0.465 e. The summed E-state index contributed by atoms with van der Waals surface area (Å²) in [6.45, 7) is 0. The number of halogens is 2. The molecule has 0 N–H and O–H groups in total. The topological polar surface area (TPSA) is 52.1 Å². The predicted molar refractivity (Wildman–Crippen MR) is 55.8 cm³/mol. The normalized spacial score (nSPS) is 10.4. The Kier molecular flexibility index (Phi) is 2.70. The molecule has 0 amide bonds. The fourth-order valence-electron chi connectivity index (χ4n) is 1.29. The van der Waals surface area contributed by atoms with Crippen molar-refractivity contribution >= 4 is 28.6 Å². The number of carbonyl (C=O) groups excluding carboxylic acids is 1. The van der Waals surface area contributed by atoms with E-state index in [1.807, 2.05) is 0 Å². The van der Waals surface area contributed by atoms with Crippen molar-refractivity contribution in [2.45, 2.75) is 0 Å². The number of nitrogens with zero attached hydrogens (tertiary/aromatic N) is 2. The average Bonchev–Trinajstić information content (AvgIpc) is 2.28. The molecule has 0 radical (unpaired) electrons. The number of hydrogen-bond acceptors (Lipinski definition) is 4. The zero-order valence-corrected chi connectivity index (χ0v) is 8.95. The van der Waals surface area contributed by atoms with Crippen molar-refractivity contribution in [3.8, 4) is 0 Å². The van der Waals surface area contributed by atoms with Gasteiger partial charge in [-0.2, -0.15) is 0 Å². The summed E-state index contributed by atoms with van der Waals surface area (Å²) in [4.78, 5) is 18.9. The molecule has 0 spiro atoms. The second kappa shape index (κ2) is 4.02. The first-order chi connectivity index (χ1) is 7.61. The summed E-state index contributed by atoms with van der Waals surface area (Å²) in [6.07, 6.45) is 1.28. The number of esters is 1. The summed E-state index contributed by atoms with van der Waals surface area (Å²) >= 11 is 5.59. The molecule has 6 heteroatoms. The molecule has 4 nitrogen and oxygen atoms in total. The Labute approximate surface area is 95.0 Å².